The molecule has 1 aliphatic carbocycles. The van der Waals surface area contributed by atoms with Gasteiger partial charge in [0.15, 0.2) is 5.69 Å². The van der Waals surface area contributed by atoms with Gasteiger partial charge in [-0.05, 0) is 66.7 Å². The number of para-hydroxylation sites is 1. The lowest BCUT2D eigenvalue weighted by molar-refractivity contribution is 0.0848. The molecule has 2 aromatic rings. The van der Waals surface area contributed by atoms with Crippen molar-refractivity contribution in [3.63, 3.8) is 0 Å². The molecular weight excluding hydrogens is 370 g/mol. The molecule has 1 atom stereocenters. The number of carbonyl (C=O) groups excluding carboxylic acids is 1. The van der Waals surface area contributed by atoms with E-state index in [9.17, 15) is 4.79 Å². The van der Waals surface area contributed by atoms with Crippen LogP contribution in [0.2, 0.25) is 0 Å². The number of hydrogen-bond acceptors (Lipinski definition) is 4. The minimum absolute atomic E-state index is 0.144. The fraction of sp³-hybridized carbons (Fsp3) is 0.471. The number of aromatic nitrogens is 3. The summed E-state index contributed by atoms with van der Waals surface area (Å²) < 4.78 is 2.53. The summed E-state index contributed by atoms with van der Waals surface area (Å²) in [7, 11) is 0. The van der Waals surface area contributed by atoms with E-state index in [1.807, 2.05) is 24.3 Å². The molecule has 2 N–H and O–H groups in total. The molecule has 0 bridgehead atoms. The molecule has 1 saturated heterocycles. The van der Waals surface area contributed by atoms with Crippen LogP contribution in [-0.4, -0.2) is 39.0 Å². The number of amides is 1. The first kappa shape index (κ1) is 15.8. The molecule has 1 saturated carbocycles. The third kappa shape index (κ3) is 2.98. The van der Waals surface area contributed by atoms with Crippen molar-refractivity contribution in [2.75, 3.05) is 6.54 Å². The first-order chi connectivity index (χ1) is 11.7. The monoisotopic (exact) mass is 389 g/mol. The maximum Gasteiger partial charge on any atom is 0.273 e. The van der Waals surface area contributed by atoms with E-state index in [0.29, 0.717) is 5.69 Å². The molecule has 1 aromatic carbocycles. The second kappa shape index (κ2) is 6.29. The van der Waals surface area contributed by atoms with Crippen molar-refractivity contribution in [3.05, 3.63) is 40.6 Å². The van der Waals surface area contributed by atoms with Gasteiger partial charge >= 0.3 is 0 Å². The number of piperidine rings is 1. The standard InChI is InChI=1S/C17H20BrN5O/c18-13-4-1-2-5-15(13)23-11-14(21-22-23)16(24)20-12-6-9-19-17(10-12)7-3-8-17/h1-2,4-5,11-12,19H,3,6-10H2,(H,20,24). The Morgan fingerprint density at radius 2 is 2.21 bits per heavy atom. The number of halogens is 1. The van der Waals surface area contributed by atoms with Gasteiger partial charge < -0.3 is 10.6 Å². The molecule has 2 fully saturated rings. The zero-order valence-corrected chi connectivity index (χ0v) is 14.9. The Morgan fingerprint density at radius 3 is 2.96 bits per heavy atom. The second-order valence-electron chi connectivity index (χ2n) is 6.72. The van der Waals surface area contributed by atoms with E-state index in [0.717, 1.165) is 29.5 Å². The van der Waals surface area contributed by atoms with Crippen LogP contribution in [0, 0.1) is 0 Å². The molecule has 1 unspecified atom stereocenters. The average molecular weight is 390 g/mol. The van der Waals surface area contributed by atoms with Crippen LogP contribution in [-0.2, 0) is 0 Å². The highest BCUT2D eigenvalue weighted by Gasteiger charge is 2.41. The molecule has 2 heterocycles. The molecule has 0 radical (unpaired) electrons. The predicted octanol–water partition coefficient (Wildman–Crippen LogP) is 2.43. The molecule has 1 spiro atoms. The minimum atomic E-state index is -0.144. The van der Waals surface area contributed by atoms with Crippen molar-refractivity contribution in [1.29, 1.82) is 0 Å². The zero-order valence-electron chi connectivity index (χ0n) is 13.3. The highest BCUT2D eigenvalue weighted by atomic mass is 79.9. The second-order valence-corrected chi connectivity index (χ2v) is 7.58. The Balaban J connectivity index is 1.45. The van der Waals surface area contributed by atoms with E-state index < -0.39 is 0 Å². The average Bonchev–Trinajstić information content (AvgIpc) is 3.04. The van der Waals surface area contributed by atoms with E-state index in [-0.39, 0.29) is 17.5 Å². The molecule has 24 heavy (non-hydrogen) atoms. The summed E-state index contributed by atoms with van der Waals surface area (Å²) in [4.78, 5) is 12.5. The maximum atomic E-state index is 12.5. The van der Waals surface area contributed by atoms with Crippen LogP contribution in [0.3, 0.4) is 0 Å². The number of carbonyl (C=O) groups is 1. The number of nitrogens with zero attached hydrogens (tertiary/aromatic N) is 3. The Labute approximate surface area is 149 Å². The van der Waals surface area contributed by atoms with Crippen molar-refractivity contribution in [1.82, 2.24) is 25.6 Å². The van der Waals surface area contributed by atoms with Crippen LogP contribution in [0.4, 0.5) is 0 Å². The van der Waals surface area contributed by atoms with Gasteiger partial charge in [-0.15, -0.1) is 5.10 Å². The van der Waals surface area contributed by atoms with Crippen molar-refractivity contribution in [2.45, 2.75) is 43.7 Å². The molecule has 1 aliphatic heterocycles. The summed E-state index contributed by atoms with van der Waals surface area (Å²) in [5.74, 6) is -0.144. The number of hydrogen-bond donors (Lipinski definition) is 2. The summed E-state index contributed by atoms with van der Waals surface area (Å²) in [5, 5.41) is 14.9. The van der Waals surface area contributed by atoms with Crippen molar-refractivity contribution < 1.29 is 4.79 Å². The van der Waals surface area contributed by atoms with Gasteiger partial charge in [0.25, 0.3) is 5.91 Å². The van der Waals surface area contributed by atoms with E-state index in [1.54, 1.807) is 10.9 Å². The number of benzene rings is 1. The highest BCUT2D eigenvalue weighted by molar-refractivity contribution is 9.10. The van der Waals surface area contributed by atoms with Crippen LogP contribution < -0.4 is 10.6 Å². The van der Waals surface area contributed by atoms with Crippen LogP contribution in [0.1, 0.15) is 42.6 Å². The quantitative estimate of drug-likeness (QED) is 0.845. The number of rotatable bonds is 3. The minimum Gasteiger partial charge on any atom is -0.348 e. The SMILES string of the molecule is O=C(NC1CCNC2(CCC2)C1)c1cn(-c2ccccc2Br)nn1. The normalized spacial score (nSPS) is 22.1. The Kier molecular flexibility index (Phi) is 4.14. The van der Waals surface area contributed by atoms with Gasteiger partial charge in [-0.3, -0.25) is 4.79 Å². The predicted molar refractivity (Wildman–Crippen MR) is 94.1 cm³/mol. The van der Waals surface area contributed by atoms with E-state index >= 15 is 0 Å². The summed E-state index contributed by atoms with van der Waals surface area (Å²) in [6.07, 6.45) is 7.38. The van der Waals surface area contributed by atoms with E-state index in [1.165, 1.54) is 19.3 Å². The van der Waals surface area contributed by atoms with Gasteiger partial charge in [-0.25, -0.2) is 4.68 Å². The van der Waals surface area contributed by atoms with Gasteiger partial charge in [0.2, 0.25) is 0 Å². The van der Waals surface area contributed by atoms with E-state index in [4.69, 9.17) is 0 Å². The van der Waals surface area contributed by atoms with Gasteiger partial charge in [-0.1, -0.05) is 17.3 Å². The first-order valence-electron chi connectivity index (χ1n) is 8.38. The molecule has 1 amide bonds. The summed E-state index contributed by atoms with van der Waals surface area (Å²) in [6, 6.07) is 7.94. The lowest BCUT2D eigenvalue weighted by Crippen LogP contribution is -2.59. The fourth-order valence-corrected chi connectivity index (χ4v) is 4.11. The highest BCUT2D eigenvalue weighted by Crippen LogP contribution is 2.38. The molecule has 4 rings (SSSR count). The molecule has 2 aliphatic rings. The molecular formula is C17H20BrN5O. The lowest BCUT2D eigenvalue weighted by Gasteiger charge is -2.48. The van der Waals surface area contributed by atoms with Crippen LogP contribution >= 0.6 is 15.9 Å². The summed E-state index contributed by atoms with van der Waals surface area (Å²) in [5.41, 5.74) is 1.48. The van der Waals surface area contributed by atoms with Crippen molar-refractivity contribution >= 4 is 21.8 Å². The van der Waals surface area contributed by atoms with Gasteiger partial charge in [0.05, 0.1) is 11.9 Å². The third-order valence-electron chi connectivity index (χ3n) is 5.10. The van der Waals surface area contributed by atoms with E-state index in [2.05, 4.69) is 36.9 Å². The molecule has 126 valence electrons. The molecule has 1 aromatic heterocycles. The van der Waals surface area contributed by atoms with Crippen LogP contribution in [0.15, 0.2) is 34.9 Å². The summed E-state index contributed by atoms with van der Waals surface area (Å²) in [6.45, 7) is 0.967. The van der Waals surface area contributed by atoms with Crippen LogP contribution in [0.25, 0.3) is 5.69 Å². The smallest absolute Gasteiger partial charge is 0.273 e. The van der Waals surface area contributed by atoms with Crippen molar-refractivity contribution in [3.8, 4) is 5.69 Å². The zero-order chi connectivity index (χ0) is 16.6. The Morgan fingerprint density at radius 1 is 1.38 bits per heavy atom. The Hall–Kier alpha value is -1.73. The molecule has 7 heteroatoms. The van der Waals surface area contributed by atoms with Gasteiger partial charge in [0.1, 0.15) is 0 Å². The van der Waals surface area contributed by atoms with Gasteiger partial charge in [-0.2, -0.15) is 0 Å². The topological polar surface area (TPSA) is 71.8 Å². The van der Waals surface area contributed by atoms with Crippen LogP contribution in [0.5, 0.6) is 0 Å². The first-order valence-corrected chi connectivity index (χ1v) is 9.18. The third-order valence-corrected chi connectivity index (χ3v) is 5.77. The largest absolute Gasteiger partial charge is 0.348 e. The fourth-order valence-electron chi connectivity index (χ4n) is 3.65. The number of nitrogens with one attached hydrogen (secondary N) is 2. The lowest BCUT2D eigenvalue weighted by atomic mass is 9.70. The van der Waals surface area contributed by atoms with Crippen molar-refractivity contribution in [2.24, 2.45) is 0 Å². The Bertz CT molecular complexity index is 755. The molecule has 6 nitrogen and oxygen atoms in total. The maximum absolute atomic E-state index is 12.5. The summed E-state index contributed by atoms with van der Waals surface area (Å²) >= 11 is 3.49. The van der Waals surface area contributed by atoms with Gasteiger partial charge in [0, 0.05) is 16.1 Å².